The second kappa shape index (κ2) is 7.27. The quantitative estimate of drug-likeness (QED) is 0.622. The number of anilines is 1. The summed E-state index contributed by atoms with van der Waals surface area (Å²) in [6.07, 6.45) is -2.50. The van der Waals surface area contributed by atoms with Gasteiger partial charge in [0, 0.05) is 16.7 Å². The number of amides is 1. The molecule has 0 heterocycles. The lowest BCUT2D eigenvalue weighted by Gasteiger charge is -2.08. The smallest absolute Gasteiger partial charge is 0.261 e. The zero-order valence-electron chi connectivity index (χ0n) is 9.46. The Hall–Kier alpha value is -1.21. The molecule has 1 aromatic rings. The SMILES string of the molecule is Nc1ccc(Br)c(C(=O)NCCOCC(F)F)c1. The number of nitrogen functional groups attached to an aromatic ring is 1. The van der Waals surface area contributed by atoms with Gasteiger partial charge >= 0.3 is 0 Å². The van der Waals surface area contributed by atoms with Crippen LogP contribution in [-0.2, 0) is 4.74 Å². The molecule has 100 valence electrons. The first kappa shape index (κ1) is 14.8. The van der Waals surface area contributed by atoms with Crippen LogP contribution in [0.2, 0.25) is 0 Å². The van der Waals surface area contributed by atoms with E-state index in [1.807, 2.05) is 0 Å². The molecular weight excluding hydrogens is 310 g/mol. The fourth-order valence-corrected chi connectivity index (χ4v) is 1.65. The van der Waals surface area contributed by atoms with Crippen LogP contribution in [-0.4, -0.2) is 32.1 Å². The number of nitrogens with one attached hydrogen (secondary N) is 1. The van der Waals surface area contributed by atoms with Gasteiger partial charge in [-0.25, -0.2) is 8.78 Å². The summed E-state index contributed by atoms with van der Waals surface area (Å²) < 4.78 is 28.7. The van der Waals surface area contributed by atoms with E-state index < -0.39 is 13.0 Å². The highest BCUT2D eigenvalue weighted by Gasteiger charge is 2.09. The average Bonchev–Trinajstić information content (AvgIpc) is 2.31. The number of benzene rings is 1. The van der Waals surface area contributed by atoms with E-state index >= 15 is 0 Å². The van der Waals surface area contributed by atoms with E-state index in [0.29, 0.717) is 15.7 Å². The number of hydrogen-bond donors (Lipinski definition) is 2. The highest BCUT2D eigenvalue weighted by molar-refractivity contribution is 9.10. The molecule has 1 aromatic carbocycles. The fourth-order valence-electron chi connectivity index (χ4n) is 1.22. The molecule has 1 rings (SSSR count). The normalized spacial score (nSPS) is 10.7. The van der Waals surface area contributed by atoms with Gasteiger partial charge in [-0.1, -0.05) is 0 Å². The Morgan fingerprint density at radius 3 is 2.89 bits per heavy atom. The first-order chi connectivity index (χ1) is 8.50. The third kappa shape index (κ3) is 4.97. The highest BCUT2D eigenvalue weighted by Crippen LogP contribution is 2.19. The second-order valence-corrected chi connectivity index (χ2v) is 4.32. The first-order valence-corrected chi connectivity index (χ1v) is 5.99. The summed E-state index contributed by atoms with van der Waals surface area (Å²) in [7, 11) is 0. The standard InChI is InChI=1S/C11H13BrF2N2O2/c12-9-2-1-7(15)5-8(9)11(17)16-3-4-18-6-10(13)14/h1-2,5,10H,3-4,6,15H2,(H,16,17). The molecule has 0 unspecified atom stereocenters. The van der Waals surface area contributed by atoms with Gasteiger partial charge in [-0.2, -0.15) is 0 Å². The summed E-state index contributed by atoms with van der Waals surface area (Å²) in [5, 5.41) is 2.55. The van der Waals surface area contributed by atoms with E-state index in [2.05, 4.69) is 26.0 Å². The number of carbonyl (C=O) groups excluding carboxylic acids is 1. The molecule has 0 radical (unpaired) electrons. The van der Waals surface area contributed by atoms with Crippen LogP contribution in [0.5, 0.6) is 0 Å². The number of ether oxygens (including phenoxy) is 1. The minimum absolute atomic E-state index is 0.0377. The van der Waals surface area contributed by atoms with Crippen LogP contribution in [0.3, 0.4) is 0 Å². The molecule has 18 heavy (non-hydrogen) atoms. The Morgan fingerprint density at radius 2 is 2.22 bits per heavy atom. The first-order valence-electron chi connectivity index (χ1n) is 5.20. The highest BCUT2D eigenvalue weighted by atomic mass is 79.9. The maximum absolute atomic E-state index is 11.8. The van der Waals surface area contributed by atoms with Crippen molar-refractivity contribution in [1.82, 2.24) is 5.32 Å². The zero-order valence-corrected chi connectivity index (χ0v) is 11.0. The molecule has 3 N–H and O–H groups in total. The van der Waals surface area contributed by atoms with Gasteiger partial charge in [0.2, 0.25) is 0 Å². The molecule has 7 heteroatoms. The molecule has 0 aliphatic carbocycles. The summed E-state index contributed by atoms with van der Waals surface area (Å²) in [6.45, 7) is -0.430. The monoisotopic (exact) mass is 322 g/mol. The third-order valence-corrected chi connectivity index (χ3v) is 2.70. The molecule has 0 atom stereocenters. The lowest BCUT2D eigenvalue weighted by Crippen LogP contribution is -2.28. The molecule has 1 amide bonds. The van der Waals surface area contributed by atoms with Crippen molar-refractivity contribution < 1.29 is 18.3 Å². The summed E-state index contributed by atoms with van der Waals surface area (Å²) in [4.78, 5) is 11.7. The van der Waals surface area contributed by atoms with Crippen molar-refractivity contribution in [3.63, 3.8) is 0 Å². The van der Waals surface area contributed by atoms with Crippen molar-refractivity contribution in [2.75, 3.05) is 25.5 Å². The predicted octanol–water partition coefficient (Wildman–Crippen LogP) is 2.04. The summed E-state index contributed by atoms with van der Waals surface area (Å²) >= 11 is 3.23. The maximum atomic E-state index is 11.8. The average molecular weight is 323 g/mol. The van der Waals surface area contributed by atoms with Crippen molar-refractivity contribution in [3.8, 4) is 0 Å². The lowest BCUT2D eigenvalue weighted by molar-refractivity contribution is 0.0188. The van der Waals surface area contributed by atoms with Crippen LogP contribution in [0.1, 0.15) is 10.4 Å². The van der Waals surface area contributed by atoms with Crippen LogP contribution in [0.25, 0.3) is 0 Å². The van der Waals surface area contributed by atoms with E-state index in [1.165, 1.54) is 6.07 Å². The zero-order chi connectivity index (χ0) is 13.5. The molecule has 0 aliphatic rings. The van der Waals surface area contributed by atoms with Gasteiger partial charge < -0.3 is 15.8 Å². The summed E-state index contributed by atoms with van der Waals surface area (Å²) in [5.74, 6) is -0.338. The Morgan fingerprint density at radius 1 is 1.50 bits per heavy atom. The molecule has 4 nitrogen and oxygen atoms in total. The van der Waals surface area contributed by atoms with E-state index in [1.54, 1.807) is 12.1 Å². The molecular formula is C11H13BrF2N2O2. The van der Waals surface area contributed by atoms with E-state index in [0.717, 1.165) is 0 Å². The van der Waals surface area contributed by atoms with Crippen molar-refractivity contribution in [2.24, 2.45) is 0 Å². The van der Waals surface area contributed by atoms with E-state index in [4.69, 9.17) is 5.73 Å². The van der Waals surface area contributed by atoms with Crippen molar-refractivity contribution in [3.05, 3.63) is 28.2 Å². The molecule has 0 spiro atoms. The maximum Gasteiger partial charge on any atom is 0.261 e. The van der Waals surface area contributed by atoms with Gasteiger partial charge in [0.25, 0.3) is 12.3 Å². The number of carbonyl (C=O) groups is 1. The number of nitrogens with two attached hydrogens (primary N) is 1. The van der Waals surface area contributed by atoms with Crippen LogP contribution >= 0.6 is 15.9 Å². The van der Waals surface area contributed by atoms with Gasteiger partial charge in [-0.15, -0.1) is 0 Å². The molecule has 0 saturated heterocycles. The second-order valence-electron chi connectivity index (χ2n) is 3.46. The van der Waals surface area contributed by atoms with E-state index in [9.17, 15) is 13.6 Å². The topological polar surface area (TPSA) is 64.4 Å². The van der Waals surface area contributed by atoms with Crippen LogP contribution in [0.15, 0.2) is 22.7 Å². The number of hydrogen-bond acceptors (Lipinski definition) is 3. The van der Waals surface area contributed by atoms with Crippen molar-refractivity contribution in [1.29, 1.82) is 0 Å². The molecule has 0 saturated carbocycles. The molecule has 0 aliphatic heterocycles. The van der Waals surface area contributed by atoms with Crippen molar-refractivity contribution in [2.45, 2.75) is 6.43 Å². The number of alkyl halides is 2. The third-order valence-electron chi connectivity index (χ3n) is 2.01. The van der Waals surface area contributed by atoms with E-state index in [-0.39, 0.29) is 19.1 Å². The van der Waals surface area contributed by atoms with Gasteiger partial charge in [0.15, 0.2) is 0 Å². The predicted molar refractivity (Wildman–Crippen MR) is 67.7 cm³/mol. The van der Waals surface area contributed by atoms with Crippen molar-refractivity contribution >= 4 is 27.5 Å². The van der Waals surface area contributed by atoms with Gasteiger partial charge in [0.05, 0.1) is 12.2 Å². The Labute approximate surface area is 112 Å². The van der Waals surface area contributed by atoms with Crippen LogP contribution in [0.4, 0.5) is 14.5 Å². The van der Waals surface area contributed by atoms with Crippen LogP contribution < -0.4 is 11.1 Å². The minimum Gasteiger partial charge on any atom is -0.399 e. The summed E-state index contributed by atoms with van der Waals surface area (Å²) in [6, 6.07) is 4.85. The number of rotatable bonds is 6. The number of halogens is 3. The summed E-state index contributed by atoms with van der Waals surface area (Å²) in [5.41, 5.74) is 6.43. The largest absolute Gasteiger partial charge is 0.399 e. The Bertz CT molecular complexity index is 416. The molecule has 0 aromatic heterocycles. The van der Waals surface area contributed by atoms with Crippen LogP contribution in [0, 0.1) is 0 Å². The Balaban J connectivity index is 2.39. The molecule has 0 fully saturated rings. The van der Waals surface area contributed by atoms with Gasteiger partial charge in [0.1, 0.15) is 6.61 Å². The van der Waals surface area contributed by atoms with Gasteiger partial charge in [-0.05, 0) is 34.1 Å². The van der Waals surface area contributed by atoms with Gasteiger partial charge in [-0.3, -0.25) is 4.79 Å². The fraction of sp³-hybridized carbons (Fsp3) is 0.364. The Kier molecular flexibility index (Phi) is 6.00. The lowest BCUT2D eigenvalue weighted by atomic mass is 10.2. The minimum atomic E-state index is -2.50. The molecule has 0 bridgehead atoms.